The minimum Gasteiger partial charge on any atom is -0.496 e. The number of anilines is 1. The standard InChI is InChI=1S/C25H28N2O3/c1-29-22-13-3-2-8-20(22)23-18-10-4-9-17(18)19-11-5-12-21(24(19)27-23)25(28)26-15-16-7-6-14-30-16/h2-5,8-9,11-13,16-18,23,27H,6-7,10,14-15H2,1H3,(H,26,28). The van der Waals surface area contributed by atoms with Gasteiger partial charge in [-0.25, -0.2) is 0 Å². The third-order valence-corrected chi connectivity index (χ3v) is 6.63. The van der Waals surface area contributed by atoms with Crippen LogP contribution in [0.25, 0.3) is 0 Å². The second-order valence-electron chi connectivity index (χ2n) is 8.33. The van der Waals surface area contributed by atoms with Crippen molar-refractivity contribution in [1.29, 1.82) is 0 Å². The zero-order valence-electron chi connectivity index (χ0n) is 17.3. The van der Waals surface area contributed by atoms with Gasteiger partial charge in [-0.3, -0.25) is 4.79 Å². The fraction of sp³-hybridized carbons (Fsp3) is 0.400. The lowest BCUT2D eigenvalue weighted by Crippen LogP contribution is -2.34. The number of hydrogen-bond acceptors (Lipinski definition) is 4. The summed E-state index contributed by atoms with van der Waals surface area (Å²) < 4.78 is 11.3. The van der Waals surface area contributed by atoms with Gasteiger partial charge in [-0.1, -0.05) is 42.5 Å². The minimum absolute atomic E-state index is 0.0472. The summed E-state index contributed by atoms with van der Waals surface area (Å²) in [4.78, 5) is 13.1. The molecule has 1 amide bonds. The van der Waals surface area contributed by atoms with Gasteiger partial charge in [0.2, 0.25) is 0 Å². The molecule has 156 valence electrons. The van der Waals surface area contributed by atoms with E-state index in [4.69, 9.17) is 9.47 Å². The van der Waals surface area contributed by atoms with Crippen molar-refractivity contribution in [3.05, 3.63) is 71.3 Å². The van der Waals surface area contributed by atoms with Crippen LogP contribution in [0, 0.1) is 5.92 Å². The molecule has 2 aromatic carbocycles. The molecule has 0 bridgehead atoms. The van der Waals surface area contributed by atoms with Crippen molar-refractivity contribution in [3.63, 3.8) is 0 Å². The smallest absolute Gasteiger partial charge is 0.253 e. The summed E-state index contributed by atoms with van der Waals surface area (Å²) in [6.07, 6.45) is 7.77. The average Bonchev–Trinajstić information content (AvgIpc) is 3.48. The van der Waals surface area contributed by atoms with Crippen molar-refractivity contribution in [2.45, 2.75) is 37.3 Å². The third kappa shape index (κ3) is 3.37. The Morgan fingerprint density at radius 2 is 2.07 bits per heavy atom. The molecule has 30 heavy (non-hydrogen) atoms. The van der Waals surface area contributed by atoms with Crippen LogP contribution in [0.2, 0.25) is 0 Å². The number of hydrogen-bond donors (Lipinski definition) is 2. The van der Waals surface area contributed by atoms with Gasteiger partial charge in [-0.15, -0.1) is 0 Å². The topological polar surface area (TPSA) is 59.6 Å². The summed E-state index contributed by atoms with van der Waals surface area (Å²) >= 11 is 0. The van der Waals surface area contributed by atoms with Crippen molar-refractivity contribution in [2.75, 3.05) is 25.6 Å². The van der Waals surface area contributed by atoms with E-state index in [1.807, 2.05) is 30.3 Å². The van der Waals surface area contributed by atoms with Crippen LogP contribution in [0.4, 0.5) is 5.69 Å². The predicted molar refractivity (Wildman–Crippen MR) is 117 cm³/mol. The van der Waals surface area contributed by atoms with Crippen LogP contribution in [0.5, 0.6) is 5.75 Å². The normalized spacial score (nSPS) is 26.6. The van der Waals surface area contributed by atoms with Gasteiger partial charge >= 0.3 is 0 Å². The molecule has 5 rings (SSSR count). The van der Waals surface area contributed by atoms with Gasteiger partial charge < -0.3 is 20.1 Å². The number of benzene rings is 2. The number of methoxy groups -OCH3 is 1. The average molecular weight is 405 g/mol. The van der Waals surface area contributed by atoms with Gasteiger partial charge in [0, 0.05) is 24.6 Å². The van der Waals surface area contributed by atoms with Gasteiger partial charge in [-0.05, 0) is 42.9 Å². The Morgan fingerprint density at radius 3 is 2.90 bits per heavy atom. The number of para-hydroxylation sites is 2. The van der Waals surface area contributed by atoms with Crippen LogP contribution in [0.1, 0.15) is 52.7 Å². The molecule has 1 fully saturated rings. The summed E-state index contributed by atoms with van der Waals surface area (Å²) in [5.74, 6) is 1.53. The first-order valence-electron chi connectivity index (χ1n) is 10.8. The van der Waals surface area contributed by atoms with Crippen molar-refractivity contribution >= 4 is 11.6 Å². The lowest BCUT2D eigenvalue weighted by Gasteiger charge is -2.38. The first-order chi connectivity index (χ1) is 14.8. The molecule has 0 radical (unpaired) electrons. The quantitative estimate of drug-likeness (QED) is 0.724. The molecule has 0 aromatic heterocycles. The van der Waals surface area contributed by atoms with E-state index in [1.165, 1.54) is 5.56 Å². The lowest BCUT2D eigenvalue weighted by molar-refractivity contribution is 0.0858. The second-order valence-corrected chi connectivity index (χ2v) is 8.33. The van der Waals surface area contributed by atoms with Gasteiger partial charge in [0.05, 0.1) is 30.5 Å². The molecular weight excluding hydrogens is 376 g/mol. The summed E-state index contributed by atoms with van der Waals surface area (Å²) in [6.45, 7) is 1.35. The van der Waals surface area contributed by atoms with E-state index in [1.54, 1.807) is 7.11 Å². The molecule has 3 aliphatic rings. The highest BCUT2D eigenvalue weighted by Gasteiger charge is 2.40. The van der Waals surface area contributed by atoms with Crippen LogP contribution in [0.15, 0.2) is 54.6 Å². The first-order valence-corrected chi connectivity index (χ1v) is 10.8. The molecule has 1 aliphatic carbocycles. The highest BCUT2D eigenvalue weighted by atomic mass is 16.5. The van der Waals surface area contributed by atoms with Crippen LogP contribution in [-0.4, -0.2) is 32.3 Å². The van der Waals surface area contributed by atoms with E-state index in [0.717, 1.165) is 42.9 Å². The lowest BCUT2D eigenvalue weighted by atomic mass is 9.76. The van der Waals surface area contributed by atoms with Gasteiger partial charge in [-0.2, -0.15) is 0 Å². The zero-order chi connectivity index (χ0) is 20.5. The largest absolute Gasteiger partial charge is 0.496 e. The molecule has 5 nitrogen and oxygen atoms in total. The Bertz CT molecular complexity index is 965. The molecule has 0 spiro atoms. The van der Waals surface area contributed by atoms with Crippen LogP contribution in [-0.2, 0) is 4.74 Å². The molecule has 4 atom stereocenters. The molecule has 2 aromatic rings. The Labute approximate surface area is 177 Å². The molecule has 2 heterocycles. The van der Waals surface area contributed by atoms with Crippen LogP contribution in [0.3, 0.4) is 0 Å². The summed E-state index contributed by atoms with van der Waals surface area (Å²) in [5.41, 5.74) is 3.97. The Morgan fingerprint density at radius 1 is 1.20 bits per heavy atom. The molecule has 2 aliphatic heterocycles. The number of rotatable bonds is 5. The van der Waals surface area contributed by atoms with E-state index >= 15 is 0 Å². The van der Waals surface area contributed by atoms with E-state index in [2.05, 4.69) is 34.9 Å². The number of carbonyl (C=O) groups excluding carboxylic acids is 1. The summed E-state index contributed by atoms with van der Waals surface area (Å²) in [7, 11) is 1.71. The number of ether oxygens (including phenoxy) is 2. The van der Waals surface area contributed by atoms with Crippen molar-refractivity contribution < 1.29 is 14.3 Å². The van der Waals surface area contributed by atoms with Gasteiger partial charge in [0.25, 0.3) is 5.91 Å². The fourth-order valence-electron chi connectivity index (χ4n) is 5.15. The van der Waals surface area contributed by atoms with Crippen molar-refractivity contribution in [1.82, 2.24) is 5.32 Å². The van der Waals surface area contributed by atoms with Crippen molar-refractivity contribution in [2.24, 2.45) is 5.92 Å². The highest BCUT2D eigenvalue weighted by Crippen LogP contribution is 2.51. The molecular formula is C25H28N2O3. The minimum atomic E-state index is -0.0472. The second kappa shape index (κ2) is 8.15. The maximum atomic E-state index is 13.1. The van der Waals surface area contributed by atoms with E-state index in [9.17, 15) is 4.79 Å². The number of amides is 1. The maximum Gasteiger partial charge on any atom is 0.253 e. The number of carbonyl (C=O) groups is 1. The summed E-state index contributed by atoms with van der Waals surface area (Å²) in [5, 5.41) is 6.81. The van der Waals surface area contributed by atoms with E-state index in [0.29, 0.717) is 23.9 Å². The Hall–Kier alpha value is -2.79. The highest BCUT2D eigenvalue weighted by molar-refractivity contribution is 6.00. The number of nitrogens with one attached hydrogen (secondary N) is 2. The SMILES string of the molecule is COc1ccccc1C1Nc2c(C(=O)NCC3CCCO3)cccc2C2C=CCC21. The molecule has 4 unspecified atom stereocenters. The van der Waals surface area contributed by atoms with Crippen LogP contribution >= 0.6 is 0 Å². The predicted octanol–water partition coefficient (Wildman–Crippen LogP) is 4.43. The number of allylic oxidation sites excluding steroid dienone is 2. The monoisotopic (exact) mass is 404 g/mol. The van der Waals surface area contributed by atoms with Crippen LogP contribution < -0.4 is 15.4 Å². The third-order valence-electron chi connectivity index (χ3n) is 6.63. The van der Waals surface area contributed by atoms with Gasteiger partial charge in [0.1, 0.15) is 5.75 Å². The Balaban J connectivity index is 1.48. The molecule has 5 heteroatoms. The van der Waals surface area contributed by atoms with Crippen molar-refractivity contribution in [3.8, 4) is 5.75 Å². The first kappa shape index (κ1) is 19.2. The molecule has 1 saturated heterocycles. The van der Waals surface area contributed by atoms with Gasteiger partial charge in [0.15, 0.2) is 0 Å². The fourth-order valence-corrected chi connectivity index (χ4v) is 5.15. The van der Waals surface area contributed by atoms with E-state index < -0.39 is 0 Å². The molecule has 2 N–H and O–H groups in total. The maximum absolute atomic E-state index is 13.1. The molecule has 0 saturated carbocycles. The Kier molecular flexibility index (Phi) is 5.21. The van der Waals surface area contributed by atoms with E-state index in [-0.39, 0.29) is 18.1 Å². The summed E-state index contributed by atoms with van der Waals surface area (Å²) in [6, 6.07) is 14.3. The zero-order valence-corrected chi connectivity index (χ0v) is 17.3. The number of fused-ring (bicyclic) bond motifs is 3.